The van der Waals surface area contributed by atoms with Gasteiger partial charge in [-0.2, -0.15) is 0 Å². The first-order valence-corrected chi connectivity index (χ1v) is 6.12. The van der Waals surface area contributed by atoms with E-state index in [-0.39, 0.29) is 24.4 Å². The molecule has 1 aromatic rings. The summed E-state index contributed by atoms with van der Waals surface area (Å²) in [6, 6.07) is 5.19. The Morgan fingerprint density at radius 1 is 1.44 bits per heavy atom. The smallest absolute Gasteiger partial charge is 0.137 e. The maximum atomic E-state index is 13.0. The van der Waals surface area contributed by atoms with Crippen molar-refractivity contribution in [2.24, 2.45) is 5.92 Å². The Morgan fingerprint density at radius 2 is 2.12 bits per heavy atom. The molecule has 0 aliphatic heterocycles. The van der Waals surface area contributed by atoms with E-state index in [4.69, 9.17) is 5.11 Å². The van der Waals surface area contributed by atoms with E-state index in [0.29, 0.717) is 11.0 Å². The zero-order valence-electron chi connectivity index (χ0n) is 9.50. The Bertz CT molecular complexity index is 346. The Labute approximate surface area is 104 Å². The Morgan fingerprint density at radius 3 is 2.69 bits per heavy atom. The summed E-state index contributed by atoms with van der Waals surface area (Å²) in [5, 5.41) is 12.3. The van der Waals surface area contributed by atoms with E-state index in [1.807, 2.05) is 13.8 Å². The Balaban J connectivity index is 2.51. The van der Waals surface area contributed by atoms with E-state index >= 15 is 0 Å². The summed E-state index contributed by atoms with van der Waals surface area (Å²) in [6.45, 7) is 4.85. The van der Waals surface area contributed by atoms with Gasteiger partial charge >= 0.3 is 0 Å². The number of benzene rings is 1. The minimum absolute atomic E-state index is 0.168. The van der Waals surface area contributed by atoms with E-state index in [1.165, 1.54) is 6.07 Å². The first-order valence-electron chi connectivity index (χ1n) is 5.32. The van der Waals surface area contributed by atoms with Crippen molar-refractivity contribution < 1.29 is 9.50 Å². The van der Waals surface area contributed by atoms with Crippen LogP contribution < -0.4 is 5.32 Å². The minimum atomic E-state index is -0.250. The lowest BCUT2D eigenvalue weighted by atomic mass is 10.0. The largest absolute Gasteiger partial charge is 0.396 e. The predicted octanol–water partition coefficient (Wildman–Crippen LogP) is 2.69. The van der Waals surface area contributed by atoms with Gasteiger partial charge in [-0.25, -0.2) is 4.39 Å². The average Bonchev–Trinajstić information content (AvgIpc) is 2.29. The highest BCUT2D eigenvalue weighted by molar-refractivity contribution is 9.10. The summed E-state index contributed by atoms with van der Waals surface area (Å²) < 4.78 is 13.5. The van der Waals surface area contributed by atoms with E-state index in [9.17, 15) is 4.39 Å². The number of nitrogens with one attached hydrogen (secondary N) is 1. The highest BCUT2D eigenvalue weighted by Gasteiger charge is 2.10. The summed E-state index contributed by atoms with van der Waals surface area (Å²) in [5.74, 6) is -0.0376. The lowest BCUT2D eigenvalue weighted by Gasteiger charge is -2.19. The zero-order chi connectivity index (χ0) is 12.1. The van der Waals surface area contributed by atoms with Crippen LogP contribution in [0.2, 0.25) is 0 Å². The maximum Gasteiger partial charge on any atom is 0.137 e. The van der Waals surface area contributed by atoms with Crippen LogP contribution in [0, 0.1) is 11.7 Å². The molecule has 2 atom stereocenters. The van der Waals surface area contributed by atoms with Crippen molar-refractivity contribution in [1.29, 1.82) is 0 Å². The van der Waals surface area contributed by atoms with Gasteiger partial charge in [0.05, 0.1) is 4.47 Å². The second kappa shape index (κ2) is 6.33. The van der Waals surface area contributed by atoms with Gasteiger partial charge in [0.2, 0.25) is 0 Å². The molecule has 0 heterocycles. The van der Waals surface area contributed by atoms with Crippen molar-refractivity contribution in [3.8, 4) is 0 Å². The van der Waals surface area contributed by atoms with E-state index in [2.05, 4.69) is 21.2 Å². The van der Waals surface area contributed by atoms with Crippen molar-refractivity contribution in [2.75, 3.05) is 6.61 Å². The minimum Gasteiger partial charge on any atom is -0.396 e. The van der Waals surface area contributed by atoms with Crippen LogP contribution in [0.25, 0.3) is 0 Å². The molecule has 1 rings (SSSR count). The fraction of sp³-hybridized carbons (Fsp3) is 0.500. The summed E-state index contributed by atoms with van der Waals surface area (Å²) in [7, 11) is 0. The molecule has 0 spiro atoms. The zero-order valence-corrected chi connectivity index (χ0v) is 11.1. The standard InChI is InChI=1S/C12H17BrFNO/c1-8(7-16)9(2)15-6-10-3-4-12(14)11(13)5-10/h3-5,8-9,15-16H,6-7H2,1-2H3. The molecule has 90 valence electrons. The van der Waals surface area contributed by atoms with Crippen LogP contribution in [0.4, 0.5) is 4.39 Å². The molecule has 0 aliphatic rings. The second-order valence-electron chi connectivity index (χ2n) is 4.08. The lowest BCUT2D eigenvalue weighted by molar-refractivity contribution is 0.207. The molecule has 0 saturated carbocycles. The first kappa shape index (κ1) is 13.6. The number of hydrogen-bond donors (Lipinski definition) is 2. The van der Waals surface area contributed by atoms with Gasteiger partial charge in [-0.15, -0.1) is 0 Å². The van der Waals surface area contributed by atoms with Crippen LogP contribution in [0.1, 0.15) is 19.4 Å². The van der Waals surface area contributed by atoms with Crippen LogP contribution >= 0.6 is 15.9 Å². The maximum absolute atomic E-state index is 13.0. The van der Waals surface area contributed by atoms with Gasteiger partial charge in [-0.05, 0) is 46.5 Å². The first-order chi connectivity index (χ1) is 7.54. The monoisotopic (exact) mass is 289 g/mol. The molecular weight excluding hydrogens is 273 g/mol. The van der Waals surface area contributed by atoms with Gasteiger partial charge in [0, 0.05) is 19.2 Å². The molecule has 16 heavy (non-hydrogen) atoms. The van der Waals surface area contributed by atoms with Crippen molar-refractivity contribution >= 4 is 15.9 Å². The summed E-state index contributed by atoms with van der Waals surface area (Å²) in [6.07, 6.45) is 0. The van der Waals surface area contributed by atoms with E-state index in [0.717, 1.165) is 5.56 Å². The Kier molecular flexibility index (Phi) is 5.38. The average molecular weight is 290 g/mol. The van der Waals surface area contributed by atoms with Crippen LogP contribution in [0.3, 0.4) is 0 Å². The number of rotatable bonds is 5. The molecule has 2 unspecified atom stereocenters. The van der Waals surface area contributed by atoms with Gasteiger partial charge in [0.25, 0.3) is 0 Å². The molecule has 0 bridgehead atoms. The summed E-state index contributed by atoms with van der Waals surface area (Å²) in [5.41, 5.74) is 1.02. The molecule has 2 nitrogen and oxygen atoms in total. The molecule has 0 radical (unpaired) electrons. The fourth-order valence-electron chi connectivity index (χ4n) is 1.29. The van der Waals surface area contributed by atoms with Crippen LogP contribution in [-0.4, -0.2) is 17.8 Å². The number of aliphatic hydroxyl groups is 1. The third-order valence-corrected chi connectivity index (χ3v) is 3.36. The second-order valence-corrected chi connectivity index (χ2v) is 4.93. The molecule has 2 N–H and O–H groups in total. The van der Waals surface area contributed by atoms with Crippen LogP contribution in [0.15, 0.2) is 22.7 Å². The molecule has 0 amide bonds. The van der Waals surface area contributed by atoms with Crippen molar-refractivity contribution in [1.82, 2.24) is 5.32 Å². The van der Waals surface area contributed by atoms with Gasteiger partial charge in [0.1, 0.15) is 5.82 Å². The molecule has 0 fully saturated rings. The van der Waals surface area contributed by atoms with E-state index < -0.39 is 0 Å². The SMILES string of the molecule is CC(CO)C(C)NCc1ccc(F)c(Br)c1. The van der Waals surface area contributed by atoms with Gasteiger partial charge in [0.15, 0.2) is 0 Å². The van der Waals surface area contributed by atoms with Crippen molar-refractivity contribution in [2.45, 2.75) is 26.4 Å². The van der Waals surface area contributed by atoms with Crippen molar-refractivity contribution in [3.63, 3.8) is 0 Å². The van der Waals surface area contributed by atoms with Crippen LogP contribution in [0.5, 0.6) is 0 Å². The topological polar surface area (TPSA) is 32.3 Å². The van der Waals surface area contributed by atoms with Crippen molar-refractivity contribution in [3.05, 3.63) is 34.1 Å². The fourth-order valence-corrected chi connectivity index (χ4v) is 1.71. The normalized spacial score (nSPS) is 14.8. The van der Waals surface area contributed by atoms with Gasteiger partial charge in [-0.3, -0.25) is 0 Å². The van der Waals surface area contributed by atoms with Crippen LogP contribution in [-0.2, 0) is 6.54 Å². The molecule has 0 saturated heterocycles. The molecule has 0 aliphatic carbocycles. The van der Waals surface area contributed by atoms with Gasteiger partial charge < -0.3 is 10.4 Å². The third-order valence-electron chi connectivity index (χ3n) is 2.75. The predicted molar refractivity (Wildman–Crippen MR) is 66.7 cm³/mol. The van der Waals surface area contributed by atoms with Gasteiger partial charge in [-0.1, -0.05) is 13.0 Å². The summed E-state index contributed by atoms with van der Waals surface area (Å²) >= 11 is 3.15. The lowest BCUT2D eigenvalue weighted by Crippen LogP contribution is -2.33. The number of hydrogen-bond acceptors (Lipinski definition) is 2. The number of halogens is 2. The molecule has 4 heteroatoms. The number of aliphatic hydroxyl groups excluding tert-OH is 1. The third kappa shape index (κ3) is 3.85. The summed E-state index contributed by atoms with van der Waals surface area (Å²) in [4.78, 5) is 0. The highest BCUT2D eigenvalue weighted by atomic mass is 79.9. The molecular formula is C12H17BrFNO. The van der Waals surface area contributed by atoms with E-state index in [1.54, 1.807) is 12.1 Å². The molecule has 1 aromatic carbocycles. The quantitative estimate of drug-likeness (QED) is 0.874. The molecule has 0 aromatic heterocycles. The highest BCUT2D eigenvalue weighted by Crippen LogP contribution is 2.17. The Hall–Kier alpha value is -0.450.